The van der Waals surface area contributed by atoms with Gasteiger partial charge in [-0.1, -0.05) is 77.9 Å². The molecule has 6 heteroatoms. The van der Waals surface area contributed by atoms with Crippen molar-refractivity contribution in [2.75, 3.05) is 42.3 Å². The first-order valence-electron chi connectivity index (χ1n) is 12.4. The number of phenolic OH excluding ortho intramolecular Hbond substituents is 2. The van der Waals surface area contributed by atoms with Crippen LogP contribution in [-0.2, 0) is 31.9 Å². The van der Waals surface area contributed by atoms with E-state index < -0.39 is 0 Å². The van der Waals surface area contributed by atoms with Gasteiger partial charge in [0, 0.05) is 0 Å². The zero-order valence-electron chi connectivity index (χ0n) is 25.3. The van der Waals surface area contributed by atoms with Crippen molar-refractivity contribution in [2.24, 2.45) is 0 Å². The molecule has 208 valence electrons. The van der Waals surface area contributed by atoms with Crippen LogP contribution in [0.3, 0.4) is 0 Å². The Morgan fingerprint density at radius 2 is 0.789 bits per heavy atom. The first kappa shape index (κ1) is 38.0. The molecular formula is C32H47MoN3O2. The first-order chi connectivity index (χ1) is 17.2. The van der Waals surface area contributed by atoms with Crippen LogP contribution in [-0.4, -0.2) is 52.5 Å². The molecule has 5 nitrogen and oxygen atoms in total. The summed E-state index contributed by atoms with van der Waals surface area (Å²) in [7, 11) is 10.5. The summed E-state index contributed by atoms with van der Waals surface area (Å²) in [5.41, 5.74) is 4.61. The van der Waals surface area contributed by atoms with Gasteiger partial charge in [0.1, 0.15) is 0 Å². The molecule has 0 aliphatic carbocycles. The minimum Gasteiger partial charge on any atom is -0.668 e. The maximum Gasteiger partial charge on any atom is 4.00 e. The van der Waals surface area contributed by atoms with Crippen LogP contribution in [0, 0.1) is 6.07 Å². The summed E-state index contributed by atoms with van der Waals surface area (Å²) >= 11 is 0. The fourth-order valence-electron chi connectivity index (χ4n) is 3.52. The van der Waals surface area contributed by atoms with Crippen LogP contribution in [0.25, 0.3) is 38.2 Å². The Bertz CT molecular complexity index is 988. The molecule has 38 heavy (non-hydrogen) atoms. The second-order valence-corrected chi connectivity index (χ2v) is 10.7. The van der Waals surface area contributed by atoms with Crippen molar-refractivity contribution >= 4 is 0 Å². The Balaban J connectivity index is 0. The van der Waals surface area contributed by atoms with E-state index in [9.17, 15) is 10.2 Å². The Labute approximate surface area is 246 Å². The molecule has 3 aromatic rings. The van der Waals surface area contributed by atoms with E-state index in [1.165, 1.54) is 0 Å². The van der Waals surface area contributed by atoms with E-state index in [4.69, 9.17) is 0 Å². The van der Waals surface area contributed by atoms with Gasteiger partial charge in [0.15, 0.2) is 0 Å². The fraction of sp³-hybridized carbons (Fsp3) is 0.438. The molecule has 0 saturated carbocycles. The van der Waals surface area contributed by atoms with Crippen LogP contribution < -0.4 is 0 Å². The van der Waals surface area contributed by atoms with E-state index in [1.54, 1.807) is 42.3 Å². The van der Waals surface area contributed by atoms with Crippen molar-refractivity contribution in [1.82, 2.24) is 0 Å². The van der Waals surface area contributed by atoms with Crippen molar-refractivity contribution in [1.29, 1.82) is 0 Å². The average Bonchev–Trinajstić information content (AvgIpc) is 2.79. The quantitative estimate of drug-likeness (QED) is 0.228. The summed E-state index contributed by atoms with van der Waals surface area (Å²) in [6, 6.07) is 20.9. The standard InChI is InChI=1S/C26H29O2.3C2H6N.Mo/c1-25(2,3)21-14-8-12-19(23(21)27)17-10-7-11-18(16-17)20-13-9-15-22(24(20)28)26(4,5)6;3*1-3-2;/h7-15,27-28H,1-6H3;3*1-2H3;/q4*-1;+4. The molecule has 0 heterocycles. The largest absolute Gasteiger partial charge is 4.00 e. The molecule has 0 aliphatic rings. The number of hydrogen-bond acceptors (Lipinski definition) is 2. The van der Waals surface area contributed by atoms with Crippen LogP contribution in [0.4, 0.5) is 0 Å². The molecule has 3 rings (SSSR count). The van der Waals surface area contributed by atoms with Crippen LogP contribution in [0.1, 0.15) is 52.7 Å². The summed E-state index contributed by atoms with van der Waals surface area (Å²) in [4.78, 5) is 0. The topological polar surface area (TPSA) is 82.8 Å². The molecule has 0 aliphatic heterocycles. The SMILES string of the molecule is CC(C)(C)c1cccc(-c2[c-]c(-c3cccc(C(C)(C)C)c3O)ccc2)c1O.C[N-]C.C[N-]C.C[N-]C.[Mo+4]. The molecule has 0 spiro atoms. The van der Waals surface area contributed by atoms with E-state index in [0.29, 0.717) is 0 Å². The Hall–Kier alpha value is -2.17. The van der Waals surface area contributed by atoms with Gasteiger partial charge in [0.25, 0.3) is 0 Å². The third-order valence-electron chi connectivity index (χ3n) is 5.06. The van der Waals surface area contributed by atoms with Crippen LogP contribution in [0.15, 0.2) is 54.6 Å². The van der Waals surface area contributed by atoms with Gasteiger partial charge < -0.3 is 26.2 Å². The van der Waals surface area contributed by atoms with Crippen molar-refractivity contribution in [3.63, 3.8) is 0 Å². The predicted octanol–water partition coefficient (Wildman–Crippen LogP) is 8.68. The second-order valence-electron chi connectivity index (χ2n) is 10.7. The first-order valence-corrected chi connectivity index (χ1v) is 12.4. The molecule has 3 aromatic carbocycles. The fourth-order valence-corrected chi connectivity index (χ4v) is 3.52. The third kappa shape index (κ3) is 11.7. The van der Waals surface area contributed by atoms with Gasteiger partial charge in [-0.15, -0.1) is 35.4 Å². The molecule has 0 fully saturated rings. The Morgan fingerprint density at radius 1 is 0.526 bits per heavy atom. The summed E-state index contributed by atoms with van der Waals surface area (Å²) in [6.45, 7) is 12.5. The minimum atomic E-state index is -0.156. The molecule has 0 atom stereocenters. The maximum absolute atomic E-state index is 10.9. The van der Waals surface area contributed by atoms with E-state index in [2.05, 4.69) is 63.6 Å². The molecule has 0 aromatic heterocycles. The molecule has 0 saturated heterocycles. The smallest absolute Gasteiger partial charge is 0.668 e. The molecular weight excluding hydrogens is 554 g/mol. The summed E-state index contributed by atoms with van der Waals surface area (Å²) in [5.74, 6) is 0.576. The van der Waals surface area contributed by atoms with Gasteiger partial charge in [-0.3, -0.25) is 0 Å². The number of aromatic hydroxyl groups is 2. The van der Waals surface area contributed by atoms with Crippen molar-refractivity contribution in [2.45, 2.75) is 52.4 Å². The summed E-state index contributed by atoms with van der Waals surface area (Å²) < 4.78 is 0. The Kier molecular flexibility index (Phi) is 18.2. The van der Waals surface area contributed by atoms with Crippen LogP contribution in [0.2, 0.25) is 0 Å². The zero-order valence-corrected chi connectivity index (χ0v) is 27.3. The van der Waals surface area contributed by atoms with Crippen LogP contribution >= 0.6 is 0 Å². The summed E-state index contributed by atoms with van der Waals surface area (Å²) in [6.07, 6.45) is 0. The number of benzene rings is 3. The summed E-state index contributed by atoms with van der Waals surface area (Å²) in [5, 5.41) is 32.3. The maximum atomic E-state index is 10.9. The van der Waals surface area contributed by atoms with Gasteiger partial charge in [-0.05, 0) is 33.1 Å². The van der Waals surface area contributed by atoms with Crippen molar-refractivity contribution in [3.8, 4) is 33.8 Å². The van der Waals surface area contributed by atoms with Gasteiger partial charge in [0.05, 0.1) is 11.5 Å². The van der Waals surface area contributed by atoms with Gasteiger partial charge in [0.2, 0.25) is 0 Å². The van der Waals surface area contributed by atoms with Crippen LogP contribution in [0.5, 0.6) is 11.5 Å². The number of rotatable bonds is 2. The zero-order chi connectivity index (χ0) is 28.8. The molecule has 2 N–H and O–H groups in total. The van der Waals surface area contributed by atoms with Gasteiger partial charge in [-0.25, -0.2) is 0 Å². The average molecular weight is 602 g/mol. The molecule has 0 amide bonds. The number of para-hydroxylation sites is 2. The normalized spacial score (nSPS) is 10.4. The molecule has 0 unspecified atom stereocenters. The Morgan fingerprint density at radius 3 is 1.05 bits per heavy atom. The minimum absolute atomic E-state index is 0. The van der Waals surface area contributed by atoms with E-state index in [1.807, 2.05) is 54.6 Å². The predicted molar refractivity (Wildman–Crippen MR) is 163 cm³/mol. The number of nitrogens with zero attached hydrogens (tertiary/aromatic N) is 3. The van der Waals surface area contributed by atoms with E-state index in [0.717, 1.165) is 33.4 Å². The molecule has 0 radical (unpaired) electrons. The third-order valence-corrected chi connectivity index (χ3v) is 5.06. The van der Waals surface area contributed by atoms with Crippen molar-refractivity contribution < 1.29 is 31.3 Å². The monoisotopic (exact) mass is 603 g/mol. The van der Waals surface area contributed by atoms with Crippen molar-refractivity contribution in [3.05, 3.63) is 87.7 Å². The number of hydrogen-bond donors (Lipinski definition) is 2. The van der Waals surface area contributed by atoms with E-state index in [-0.39, 0.29) is 43.4 Å². The second kappa shape index (κ2) is 18.2. The van der Waals surface area contributed by atoms with Gasteiger partial charge in [-0.2, -0.15) is 42.3 Å². The number of phenols is 2. The molecule has 0 bridgehead atoms. The van der Waals surface area contributed by atoms with Gasteiger partial charge >= 0.3 is 21.1 Å². The van der Waals surface area contributed by atoms with E-state index >= 15 is 0 Å².